The highest BCUT2D eigenvalue weighted by Gasteiger charge is 2.23. The van der Waals surface area contributed by atoms with Gasteiger partial charge in [0, 0.05) is 50.0 Å². The van der Waals surface area contributed by atoms with E-state index in [9.17, 15) is 4.79 Å². The van der Waals surface area contributed by atoms with E-state index in [0.717, 1.165) is 48.3 Å². The molecule has 0 saturated carbocycles. The minimum absolute atomic E-state index is 0.0157. The fourth-order valence-corrected chi connectivity index (χ4v) is 4.39. The number of amides is 2. The molecule has 2 heterocycles. The second kappa shape index (κ2) is 9.40. The zero-order valence-electron chi connectivity index (χ0n) is 16.8. The molecule has 0 spiro atoms. The first-order chi connectivity index (χ1) is 14.2. The molecule has 2 aliphatic heterocycles. The zero-order chi connectivity index (χ0) is 20.1. The first-order valence-corrected chi connectivity index (χ1v) is 11.0. The first kappa shape index (κ1) is 19.9. The number of hydrogen-bond donors (Lipinski definition) is 1. The highest BCUT2D eigenvalue weighted by Crippen LogP contribution is 2.28. The van der Waals surface area contributed by atoms with Crippen LogP contribution < -0.4 is 15.1 Å². The van der Waals surface area contributed by atoms with E-state index in [1.54, 1.807) is 0 Å². The van der Waals surface area contributed by atoms with Gasteiger partial charge in [-0.15, -0.1) is 0 Å². The van der Waals surface area contributed by atoms with Gasteiger partial charge in [0.15, 0.2) is 0 Å². The number of carbonyl (C=O) groups is 1. The Morgan fingerprint density at radius 2 is 1.52 bits per heavy atom. The molecule has 29 heavy (non-hydrogen) atoms. The van der Waals surface area contributed by atoms with Crippen molar-refractivity contribution in [1.29, 1.82) is 0 Å². The van der Waals surface area contributed by atoms with Gasteiger partial charge in [0.05, 0.1) is 11.4 Å². The molecule has 2 saturated heterocycles. The summed E-state index contributed by atoms with van der Waals surface area (Å²) in [4.78, 5) is 19.5. The van der Waals surface area contributed by atoms with Crippen LogP contribution in [0.2, 0.25) is 5.02 Å². The van der Waals surface area contributed by atoms with Gasteiger partial charge >= 0.3 is 6.03 Å². The van der Waals surface area contributed by atoms with Gasteiger partial charge in [-0.25, -0.2) is 4.79 Å². The van der Waals surface area contributed by atoms with Gasteiger partial charge in [-0.1, -0.05) is 42.6 Å². The summed E-state index contributed by atoms with van der Waals surface area (Å²) in [5.74, 6) is 0. The molecule has 1 N–H and O–H groups in total. The molecule has 0 bridgehead atoms. The van der Waals surface area contributed by atoms with Crippen LogP contribution in [0.3, 0.4) is 0 Å². The Balaban J connectivity index is 1.38. The summed E-state index contributed by atoms with van der Waals surface area (Å²) in [6.45, 7) is 5.13. The Kier molecular flexibility index (Phi) is 6.45. The Hall–Kier alpha value is -2.40. The van der Waals surface area contributed by atoms with E-state index < -0.39 is 0 Å². The van der Waals surface area contributed by atoms with Gasteiger partial charge in [-0.05, 0) is 43.2 Å². The van der Waals surface area contributed by atoms with E-state index in [-0.39, 0.29) is 6.03 Å². The van der Waals surface area contributed by atoms with Gasteiger partial charge in [0.1, 0.15) is 0 Å². The van der Waals surface area contributed by atoms with Gasteiger partial charge < -0.3 is 20.0 Å². The molecular formula is C23H29ClN4O. The molecule has 5 nitrogen and oxygen atoms in total. The highest BCUT2D eigenvalue weighted by molar-refractivity contribution is 6.30. The lowest BCUT2D eigenvalue weighted by Crippen LogP contribution is -2.50. The Morgan fingerprint density at radius 1 is 0.793 bits per heavy atom. The molecular weight excluding hydrogens is 384 g/mol. The molecule has 0 unspecified atom stereocenters. The topological polar surface area (TPSA) is 38.8 Å². The van der Waals surface area contributed by atoms with Crippen molar-refractivity contribution in [3.8, 4) is 0 Å². The quantitative estimate of drug-likeness (QED) is 0.764. The van der Waals surface area contributed by atoms with Gasteiger partial charge in [0.25, 0.3) is 0 Å². The van der Waals surface area contributed by atoms with E-state index in [0.29, 0.717) is 13.1 Å². The maximum absolute atomic E-state index is 12.9. The van der Waals surface area contributed by atoms with Crippen LogP contribution in [0, 0.1) is 0 Å². The molecule has 2 amide bonds. The van der Waals surface area contributed by atoms with Crippen LogP contribution in [0.25, 0.3) is 0 Å². The molecule has 6 heteroatoms. The zero-order valence-corrected chi connectivity index (χ0v) is 17.6. The standard InChI is InChI=1S/C23H29ClN4O/c24-19-8-7-9-20(18-19)26-14-16-28(17-15-26)23(29)25-21-10-3-4-11-22(21)27-12-5-1-2-6-13-27/h3-4,7-11,18H,1-2,5-6,12-17H2,(H,25,29). The van der Waals surface area contributed by atoms with Crippen LogP contribution >= 0.6 is 11.6 Å². The van der Waals surface area contributed by atoms with E-state index >= 15 is 0 Å². The molecule has 0 aromatic heterocycles. The van der Waals surface area contributed by atoms with Crippen molar-refractivity contribution in [3.63, 3.8) is 0 Å². The summed E-state index contributed by atoms with van der Waals surface area (Å²) in [7, 11) is 0. The Bertz CT molecular complexity index is 827. The second-order valence-electron chi connectivity index (χ2n) is 7.80. The van der Waals surface area contributed by atoms with Crippen molar-refractivity contribution in [2.24, 2.45) is 0 Å². The number of piperazine rings is 1. The number of rotatable bonds is 3. The molecule has 0 radical (unpaired) electrons. The number of carbonyl (C=O) groups excluding carboxylic acids is 1. The summed E-state index contributed by atoms with van der Waals surface area (Å²) < 4.78 is 0. The van der Waals surface area contributed by atoms with Gasteiger partial charge in [-0.2, -0.15) is 0 Å². The third-order valence-electron chi connectivity index (χ3n) is 5.83. The number of para-hydroxylation sites is 2. The minimum Gasteiger partial charge on any atom is -0.370 e. The number of anilines is 3. The van der Waals surface area contributed by atoms with E-state index in [1.165, 1.54) is 25.7 Å². The van der Waals surface area contributed by atoms with Crippen LogP contribution in [0.15, 0.2) is 48.5 Å². The fourth-order valence-electron chi connectivity index (χ4n) is 4.20. The van der Waals surface area contributed by atoms with Crippen LogP contribution in [0.1, 0.15) is 25.7 Å². The van der Waals surface area contributed by atoms with Crippen molar-refractivity contribution in [3.05, 3.63) is 53.6 Å². The number of nitrogens with one attached hydrogen (secondary N) is 1. The molecule has 2 aromatic carbocycles. The maximum Gasteiger partial charge on any atom is 0.322 e. The molecule has 4 rings (SSSR count). The van der Waals surface area contributed by atoms with Crippen molar-refractivity contribution < 1.29 is 4.79 Å². The van der Waals surface area contributed by atoms with Crippen LogP contribution in [0.4, 0.5) is 21.9 Å². The molecule has 0 atom stereocenters. The predicted octanol–water partition coefficient (Wildman–Crippen LogP) is 5.07. The minimum atomic E-state index is -0.0157. The van der Waals surface area contributed by atoms with Crippen molar-refractivity contribution in [1.82, 2.24) is 4.90 Å². The van der Waals surface area contributed by atoms with Crippen LogP contribution in [-0.4, -0.2) is 50.2 Å². The van der Waals surface area contributed by atoms with Gasteiger partial charge in [-0.3, -0.25) is 0 Å². The highest BCUT2D eigenvalue weighted by atomic mass is 35.5. The molecule has 2 aromatic rings. The third kappa shape index (κ3) is 4.96. The second-order valence-corrected chi connectivity index (χ2v) is 8.24. The Labute approximate surface area is 178 Å². The summed E-state index contributed by atoms with van der Waals surface area (Å²) in [5.41, 5.74) is 3.17. The monoisotopic (exact) mass is 412 g/mol. The summed E-state index contributed by atoms with van der Waals surface area (Å²) >= 11 is 6.12. The average Bonchev–Trinajstić information content (AvgIpc) is 3.04. The predicted molar refractivity (Wildman–Crippen MR) is 121 cm³/mol. The van der Waals surface area contributed by atoms with E-state index in [4.69, 9.17) is 11.6 Å². The van der Waals surface area contributed by atoms with Gasteiger partial charge in [0.2, 0.25) is 0 Å². The third-order valence-corrected chi connectivity index (χ3v) is 6.07. The lowest BCUT2D eigenvalue weighted by atomic mass is 10.2. The normalized spacial score (nSPS) is 17.8. The number of benzene rings is 2. The fraction of sp³-hybridized carbons (Fsp3) is 0.435. The van der Waals surface area contributed by atoms with E-state index in [2.05, 4.69) is 33.3 Å². The van der Waals surface area contributed by atoms with Crippen molar-refractivity contribution in [2.45, 2.75) is 25.7 Å². The van der Waals surface area contributed by atoms with Crippen molar-refractivity contribution in [2.75, 3.05) is 54.4 Å². The maximum atomic E-state index is 12.9. The summed E-state index contributed by atoms with van der Waals surface area (Å²) in [6.07, 6.45) is 5.02. The molecule has 154 valence electrons. The summed E-state index contributed by atoms with van der Waals surface area (Å²) in [5, 5.41) is 3.91. The average molecular weight is 413 g/mol. The number of hydrogen-bond acceptors (Lipinski definition) is 3. The number of nitrogens with zero attached hydrogens (tertiary/aromatic N) is 3. The lowest BCUT2D eigenvalue weighted by molar-refractivity contribution is 0.208. The Morgan fingerprint density at radius 3 is 2.24 bits per heavy atom. The SMILES string of the molecule is O=C(Nc1ccccc1N1CCCCCC1)N1CCN(c2cccc(Cl)c2)CC1. The molecule has 2 fully saturated rings. The largest absolute Gasteiger partial charge is 0.370 e. The first-order valence-electron chi connectivity index (χ1n) is 10.6. The number of halogens is 1. The van der Waals surface area contributed by atoms with Crippen LogP contribution in [0.5, 0.6) is 0 Å². The smallest absolute Gasteiger partial charge is 0.322 e. The van der Waals surface area contributed by atoms with Crippen LogP contribution in [-0.2, 0) is 0 Å². The molecule has 0 aliphatic carbocycles. The molecule has 2 aliphatic rings. The summed E-state index contributed by atoms with van der Waals surface area (Å²) in [6, 6.07) is 16.1. The number of urea groups is 1. The van der Waals surface area contributed by atoms with E-state index in [1.807, 2.05) is 35.2 Å². The lowest BCUT2D eigenvalue weighted by Gasteiger charge is -2.36. The van der Waals surface area contributed by atoms with Crippen molar-refractivity contribution >= 4 is 34.7 Å².